The first-order valence-electron chi connectivity index (χ1n) is 7.03. The summed E-state index contributed by atoms with van der Waals surface area (Å²) in [6.07, 6.45) is 3.28. The lowest BCUT2D eigenvalue weighted by Gasteiger charge is -2.07. The average molecular weight is 325 g/mol. The summed E-state index contributed by atoms with van der Waals surface area (Å²) in [5, 5.41) is 7.16. The summed E-state index contributed by atoms with van der Waals surface area (Å²) in [4.78, 5) is 19.4. The molecule has 0 unspecified atom stereocenters. The Morgan fingerprint density at radius 3 is 2.74 bits per heavy atom. The van der Waals surface area contributed by atoms with Gasteiger partial charge in [-0.2, -0.15) is 5.10 Å². The number of hydrogen-bond donors (Lipinski definition) is 2. The van der Waals surface area contributed by atoms with Crippen LogP contribution in [0.3, 0.4) is 0 Å². The number of nitrogens with one attached hydrogen (secondary N) is 2. The largest absolute Gasteiger partial charge is 0.352 e. The van der Waals surface area contributed by atoms with Gasteiger partial charge in [0.2, 0.25) is 0 Å². The third kappa shape index (κ3) is 3.19. The number of pyridine rings is 2. The standard InChI is InChI=1S/C16H15N5OS/c1-10-8-11(2)21(20-10)14-6-5-12(9-18-14)19-15(22)13-4-3-7-17-16(13)23/h3-9H,1-2H3,(H,17,23)(H,19,22). The van der Waals surface area contributed by atoms with Gasteiger partial charge in [0.05, 0.1) is 23.1 Å². The maximum Gasteiger partial charge on any atom is 0.258 e. The van der Waals surface area contributed by atoms with Crippen LogP contribution in [0.15, 0.2) is 42.7 Å². The molecule has 3 rings (SSSR count). The lowest BCUT2D eigenvalue weighted by Crippen LogP contribution is -2.13. The molecular formula is C16H15N5OS. The smallest absolute Gasteiger partial charge is 0.258 e. The van der Waals surface area contributed by atoms with Crippen LogP contribution in [0.4, 0.5) is 5.69 Å². The number of amides is 1. The Bertz CT molecular complexity index is 911. The summed E-state index contributed by atoms with van der Waals surface area (Å²) < 4.78 is 2.16. The van der Waals surface area contributed by atoms with E-state index in [4.69, 9.17) is 12.2 Å². The predicted molar refractivity (Wildman–Crippen MR) is 90.4 cm³/mol. The highest BCUT2D eigenvalue weighted by molar-refractivity contribution is 7.71. The molecule has 3 aromatic rings. The van der Waals surface area contributed by atoms with Gasteiger partial charge >= 0.3 is 0 Å². The number of aryl methyl sites for hydroxylation is 2. The van der Waals surface area contributed by atoms with E-state index in [1.54, 1.807) is 41.3 Å². The second-order valence-corrected chi connectivity index (χ2v) is 5.52. The summed E-state index contributed by atoms with van der Waals surface area (Å²) in [6.45, 7) is 3.90. The van der Waals surface area contributed by atoms with Gasteiger partial charge in [-0.1, -0.05) is 12.2 Å². The van der Waals surface area contributed by atoms with E-state index in [0.29, 0.717) is 21.7 Å². The van der Waals surface area contributed by atoms with Gasteiger partial charge in [-0.25, -0.2) is 9.67 Å². The van der Waals surface area contributed by atoms with Crippen molar-refractivity contribution in [1.82, 2.24) is 19.7 Å². The van der Waals surface area contributed by atoms with Gasteiger partial charge in [0.25, 0.3) is 5.91 Å². The first-order chi connectivity index (χ1) is 11.0. The number of aromatic amines is 1. The van der Waals surface area contributed by atoms with E-state index < -0.39 is 0 Å². The van der Waals surface area contributed by atoms with E-state index in [2.05, 4.69) is 20.4 Å². The van der Waals surface area contributed by atoms with Crippen molar-refractivity contribution in [2.24, 2.45) is 0 Å². The van der Waals surface area contributed by atoms with Crippen LogP contribution in [0.1, 0.15) is 21.7 Å². The third-order valence-corrected chi connectivity index (χ3v) is 3.63. The molecule has 0 aliphatic heterocycles. The average Bonchev–Trinajstić information content (AvgIpc) is 2.87. The normalized spacial score (nSPS) is 10.5. The van der Waals surface area contributed by atoms with E-state index in [-0.39, 0.29) is 5.91 Å². The van der Waals surface area contributed by atoms with E-state index in [1.165, 1.54) is 0 Å². The molecule has 0 aromatic carbocycles. The molecule has 3 aromatic heterocycles. The second-order valence-electron chi connectivity index (χ2n) is 5.11. The van der Waals surface area contributed by atoms with Gasteiger partial charge in [-0.05, 0) is 44.2 Å². The highest BCUT2D eigenvalue weighted by Gasteiger charge is 2.09. The molecule has 7 heteroatoms. The summed E-state index contributed by atoms with van der Waals surface area (Å²) in [5.74, 6) is 0.429. The zero-order valence-electron chi connectivity index (χ0n) is 12.7. The van der Waals surface area contributed by atoms with Crippen LogP contribution in [0.2, 0.25) is 0 Å². The van der Waals surface area contributed by atoms with Gasteiger partial charge in [-0.15, -0.1) is 0 Å². The number of hydrogen-bond acceptors (Lipinski definition) is 4. The van der Waals surface area contributed by atoms with Crippen molar-refractivity contribution in [3.63, 3.8) is 0 Å². The first-order valence-corrected chi connectivity index (χ1v) is 7.44. The number of anilines is 1. The molecule has 6 nitrogen and oxygen atoms in total. The van der Waals surface area contributed by atoms with Crippen LogP contribution in [-0.4, -0.2) is 25.7 Å². The van der Waals surface area contributed by atoms with Gasteiger partial charge in [0.15, 0.2) is 5.82 Å². The van der Waals surface area contributed by atoms with Crippen molar-refractivity contribution in [3.05, 3.63) is 64.3 Å². The third-order valence-electron chi connectivity index (χ3n) is 3.30. The van der Waals surface area contributed by atoms with Crippen molar-refractivity contribution in [2.75, 3.05) is 5.32 Å². The van der Waals surface area contributed by atoms with Gasteiger partial charge in [0, 0.05) is 11.9 Å². The monoisotopic (exact) mass is 325 g/mol. The van der Waals surface area contributed by atoms with Crippen LogP contribution in [0, 0.1) is 18.5 Å². The fourth-order valence-corrected chi connectivity index (χ4v) is 2.47. The van der Waals surface area contributed by atoms with Gasteiger partial charge in [0.1, 0.15) is 4.64 Å². The molecule has 0 aliphatic rings. The highest BCUT2D eigenvalue weighted by Crippen LogP contribution is 2.13. The SMILES string of the molecule is Cc1cc(C)n(-c2ccc(NC(=O)c3ccc[nH]c3=S)cn2)n1. The maximum atomic E-state index is 12.2. The van der Waals surface area contributed by atoms with Gasteiger partial charge < -0.3 is 10.3 Å². The molecule has 116 valence electrons. The van der Waals surface area contributed by atoms with E-state index in [0.717, 1.165) is 11.4 Å². The molecule has 23 heavy (non-hydrogen) atoms. The maximum absolute atomic E-state index is 12.2. The quantitative estimate of drug-likeness (QED) is 0.725. The summed E-state index contributed by atoms with van der Waals surface area (Å²) in [6, 6.07) is 8.97. The minimum absolute atomic E-state index is 0.271. The van der Waals surface area contributed by atoms with Crippen LogP contribution < -0.4 is 5.32 Å². The van der Waals surface area contributed by atoms with Crippen molar-refractivity contribution < 1.29 is 4.79 Å². The second kappa shape index (κ2) is 6.13. The highest BCUT2D eigenvalue weighted by atomic mass is 32.1. The molecule has 0 aliphatic carbocycles. The molecular weight excluding hydrogens is 310 g/mol. The molecule has 0 atom stereocenters. The predicted octanol–water partition coefficient (Wildman–Crippen LogP) is 3.19. The summed E-state index contributed by atoms with van der Waals surface area (Å²) in [5.41, 5.74) is 2.95. The fraction of sp³-hybridized carbons (Fsp3) is 0.125. The molecule has 0 saturated heterocycles. The Balaban J connectivity index is 1.80. The number of carbonyl (C=O) groups is 1. The topological polar surface area (TPSA) is 75.6 Å². The fourth-order valence-electron chi connectivity index (χ4n) is 2.24. The Hall–Kier alpha value is -2.80. The zero-order valence-corrected chi connectivity index (χ0v) is 13.5. The number of carbonyl (C=O) groups excluding carboxylic acids is 1. The van der Waals surface area contributed by atoms with Crippen LogP contribution in [0.5, 0.6) is 0 Å². The minimum Gasteiger partial charge on any atom is -0.352 e. The van der Waals surface area contributed by atoms with Gasteiger partial charge in [-0.3, -0.25) is 4.79 Å². The lowest BCUT2D eigenvalue weighted by molar-refractivity contribution is 0.102. The van der Waals surface area contributed by atoms with Crippen molar-refractivity contribution in [3.8, 4) is 5.82 Å². The van der Waals surface area contributed by atoms with Crippen molar-refractivity contribution >= 4 is 23.8 Å². The van der Waals surface area contributed by atoms with Crippen LogP contribution in [0.25, 0.3) is 5.82 Å². The first kappa shape index (κ1) is 15.1. The minimum atomic E-state index is -0.271. The van der Waals surface area contributed by atoms with E-state index in [1.807, 2.05) is 19.9 Å². The number of rotatable bonds is 3. The van der Waals surface area contributed by atoms with Crippen molar-refractivity contribution in [2.45, 2.75) is 13.8 Å². The Kier molecular flexibility index (Phi) is 4.03. The summed E-state index contributed by atoms with van der Waals surface area (Å²) >= 11 is 5.10. The molecule has 0 radical (unpaired) electrons. The Morgan fingerprint density at radius 2 is 2.13 bits per heavy atom. The lowest BCUT2D eigenvalue weighted by atomic mass is 10.2. The Morgan fingerprint density at radius 1 is 1.30 bits per heavy atom. The number of aromatic nitrogens is 4. The molecule has 0 fully saturated rings. The summed E-state index contributed by atoms with van der Waals surface area (Å²) in [7, 11) is 0. The molecule has 2 N–H and O–H groups in total. The zero-order chi connectivity index (χ0) is 16.4. The number of H-pyrrole nitrogens is 1. The molecule has 0 spiro atoms. The Labute approximate surface area is 138 Å². The van der Waals surface area contributed by atoms with Crippen LogP contribution >= 0.6 is 12.2 Å². The number of nitrogens with zero attached hydrogens (tertiary/aromatic N) is 3. The van der Waals surface area contributed by atoms with E-state index in [9.17, 15) is 4.79 Å². The van der Waals surface area contributed by atoms with Crippen molar-refractivity contribution in [1.29, 1.82) is 0 Å². The molecule has 0 bridgehead atoms. The molecule has 3 heterocycles. The molecule has 0 saturated carbocycles. The van der Waals surface area contributed by atoms with Crippen LogP contribution in [-0.2, 0) is 0 Å². The molecule has 1 amide bonds. The van der Waals surface area contributed by atoms with E-state index >= 15 is 0 Å².